The van der Waals surface area contributed by atoms with E-state index in [4.69, 9.17) is 21.1 Å². The van der Waals surface area contributed by atoms with Gasteiger partial charge in [-0.2, -0.15) is 0 Å². The smallest absolute Gasteiger partial charge is 0.124 e. The standard InChI is InChI=1S/C18H18ClIO2/c1-12-2-5-18(22-16-6-7-21-11-16)14(8-12)9-13-10-15(20)3-4-17(13)19/h2-5,8,10,16H,6-7,9,11H2,1H3/t16-/m0/s1. The second kappa shape index (κ2) is 7.20. The maximum atomic E-state index is 6.34. The van der Waals surface area contributed by atoms with E-state index in [-0.39, 0.29) is 6.10 Å². The number of rotatable bonds is 4. The van der Waals surface area contributed by atoms with Gasteiger partial charge in [-0.1, -0.05) is 29.3 Å². The molecule has 2 aromatic rings. The predicted molar refractivity (Wildman–Crippen MR) is 98.0 cm³/mol. The average molecular weight is 429 g/mol. The van der Waals surface area contributed by atoms with Crippen molar-refractivity contribution >= 4 is 34.2 Å². The highest BCUT2D eigenvalue weighted by atomic mass is 127. The third-order valence-corrected chi connectivity index (χ3v) is 4.83. The summed E-state index contributed by atoms with van der Waals surface area (Å²) in [6.45, 7) is 3.56. The van der Waals surface area contributed by atoms with Gasteiger partial charge in [-0.05, 0) is 64.9 Å². The van der Waals surface area contributed by atoms with Gasteiger partial charge in [0, 0.05) is 21.4 Å². The van der Waals surface area contributed by atoms with E-state index in [1.54, 1.807) is 0 Å². The van der Waals surface area contributed by atoms with Crippen molar-refractivity contribution < 1.29 is 9.47 Å². The molecule has 1 aliphatic rings. The summed E-state index contributed by atoms with van der Waals surface area (Å²) >= 11 is 8.66. The first kappa shape index (κ1) is 16.1. The Bertz CT molecular complexity index is 666. The van der Waals surface area contributed by atoms with Crippen molar-refractivity contribution in [2.45, 2.75) is 25.9 Å². The Morgan fingerprint density at radius 2 is 2.09 bits per heavy atom. The molecule has 116 valence electrons. The first-order valence-corrected chi connectivity index (χ1v) is 8.85. The van der Waals surface area contributed by atoms with Crippen molar-refractivity contribution in [3.05, 3.63) is 61.7 Å². The summed E-state index contributed by atoms with van der Waals surface area (Å²) in [6.07, 6.45) is 1.89. The minimum Gasteiger partial charge on any atom is -0.488 e. The molecule has 1 atom stereocenters. The summed E-state index contributed by atoms with van der Waals surface area (Å²) in [5.74, 6) is 0.941. The Balaban J connectivity index is 1.87. The number of benzene rings is 2. The fraction of sp³-hybridized carbons (Fsp3) is 0.333. The molecule has 0 saturated carbocycles. The monoisotopic (exact) mass is 428 g/mol. The largest absolute Gasteiger partial charge is 0.488 e. The lowest BCUT2D eigenvalue weighted by Gasteiger charge is -2.17. The Morgan fingerprint density at radius 1 is 1.23 bits per heavy atom. The van der Waals surface area contributed by atoms with Gasteiger partial charge >= 0.3 is 0 Å². The number of hydrogen-bond acceptors (Lipinski definition) is 2. The van der Waals surface area contributed by atoms with E-state index in [1.165, 1.54) is 14.7 Å². The van der Waals surface area contributed by atoms with Crippen molar-refractivity contribution in [2.75, 3.05) is 13.2 Å². The van der Waals surface area contributed by atoms with E-state index >= 15 is 0 Å². The lowest BCUT2D eigenvalue weighted by atomic mass is 10.0. The number of aryl methyl sites for hydroxylation is 1. The first-order valence-electron chi connectivity index (χ1n) is 7.39. The second-order valence-electron chi connectivity index (χ2n) is 5.63. The number of hydrogen-bond donors (Lipinski definition) is 0. The molecule has 4 heteroatoms. The van der Waals surface area contributed by atoms with Crippen molar-refractivity contribution in [3.8, 4) is 5.75 Å². The molecule has 0 amide bonds. The lowest BCUT2D eigenvalue weighted by Crippen LogP contribution is -2.16. The summed E-state index contributed by atoms with van der Waals surface area (Å²) < 4.78 is 12.7. The summed E-state index contributed by atoms with van der Waals surface area (Å²) in [6, 6.07) is 12.4. The molecule has 1 aliphatic heterocycles. The van der Waals surface area contributed by atoms with Gasteiger partial charge in [-0.25, -0.2) is 0 Å². The van der Waals surface area contributed by atoms with Gasteiger partial charge < -0.3 is 9.47 Å². The molecule has 0 unspecified atom stereocenters. The van der Waals surface area contributed by atoms with Gasteiger partial charge in [0.25, 0.3) is 0 Å². The van der Waals surface area contributed by atoms with Crippen LogP contribution >= 0.6 is 34.2 Å². The third-order valence-electron chi connectivity index (χ3n) is 3.79. The molecule has 0 aliphatic carbocycles. The fourth-order valence-corrected chi connectivity index (χ4v) is 3.37. The summed E-state index contributed by atoms with van der Waals surface area (Å²) in [4.78, 5) is 0. The van der Waals surface area contributed by atoms with Crippen molar-refractivity contribution in [2.24, 2.45) is 0 Å². The normalized spacial score (nSPS) is 17.7. The highest BCUT2D eigenvalue weighted by Gasteiger charge is 2.19. The van der Waals surface area contributed by atoms with Gasteiger partial charge in [-0.15, -0.1) is 0 Å². The zero-order valence-corrected chi connectivity index (χ0v) is 15.4. The van der Waals surface area contributed by atoms with Crippen LogP contribution in [0.5, 0.6) is 5.75 Å². The van der Waals surface area contributed by atoms with Crippen LogP contribution in [-0.4, -0.2) is 19.3 Å². The van der Waals surface area contributed by atoms with Crippen LogP contribution in [0.3, 0.4) is 0 Å². The molecular formula is C18H18ClIO2. The van der Waals surface area contributed by atoms with Crippen LogP contribution in [0, 0.1) is 10.5 Å². The Kier molecular flexibility index (Phi) is 5.26. The molecule has 0 radical (unpaired) electrons. The number of halogens is 2. The Morgan fingerprint density at radius 3 is 2.86 bits per heavy atom. The van der Waals surface area contributed by atoms with Crippen molar-refractivity contribution in [3.63, 3.8) is 0 Å². The molecule has 0 bridgehead atoms. The average Bonchev–Trinajstić information content (AvgIpc) is 2.99. The summed E-state index contributed by atoms with van der Waals surface area (Å²) in [5, 5.41) is 0.803. The molecule has 0 spiro atoms. The van der Waals surface area contributed by atoms with E-state index in [1.807, 2.05) is 12.1 Å². The Labute approximate surface area is 149 Å². The van der Waals surface area contributed by atoms with Crippen molar-refractivity contribution in [1.29, 1.82) is 0 Å². The van der Waals surface area contributed by atoms with E-state index in [0.717, 1.165) is 35.8 Å². The van der Waals surface area contributed by atoms with Gasteiger partial charge in [0.1, 0.15) is 11.9 Å². The Hall–Kier alpha value is -0.780. The van der Waals surface area contributed by atoms with Gasteiger partial charge in [0.15, 0.2) is 0 Å². The van der Waals surface area contributed by atoms with Crippen LogP contribution in [-0.2, 0) is 11.2 Å². The minimum atomic E-state index is 0.160. The SMILES string of the molecule is Cc1ccc(O[C@H]2CCOC2)c(Cc2cc(I)ccc2Cl)c1. The molecule has 0 N–H and O–H groups in total. The van der Waals surface area contributed by atoms with Crippen LogP contribution in [0.25, 0.3) is 0 Å². The van der Waals surface area contributed by atoms with Gasteiger partial charge in [0.05, 0.1) is 13.2 Å². The maximum absolute atomic E-state index is 6.34. The van der Waals surface area contributed by atoms with E-state index in [2.05, 4.69) is 53.8 Å². The molecule has 1 fully saturated rings. The quantitative estimate of drug-likeness (QED) is 0.637. The van der Waals surface area contributed by atoms with E-state index in [0.29, 0.717) is 6.61 Å². The fourth-order valence-electron chi connectivity index (χ4n) is 2.63. The second-order valence-corrected chi connectivity index (χ2v) is 7.28. The number of ether oxygens (including phenoxy) is 2. The van der Waals surface area contributed by atoms with Crippen LogP contribution in [0.1, 0.15) is 23.1 Å². The molecule has 2 aromatic carbocycles. The molecule has 3 rings (SSSR count). The minimum absolute atomic E-state index is 0.160. The highest BCUT2D eigenvalue weighted by Crippen LogP contribution is 2.29. The molecular weight excluding hydrogens is 411 g/mol. The topological polar surface area (TPSA) is 18.5 Å². The van der Waals surface area contributed by atoms with Crippen LogP contribution < -0.4 is 4.74 Å². The van der Waals surface area contributed by atoms with Crippen LogP contribution in [0.4, 0.5) is 0 Å². The van der Waals surface area contributed by atoms with E-state index < -0.39 is 0 Å². The predicted octanol–water partition coefficient (Wildman–Crippen LogP) is 5.01. The van der Waals surface area contributed by atoms with Crippen molar-refractivity contribution in [1.82, 2.24) is 0 Å². The van der Waals surface area contributed by atoms with E-state index in [9.17, 15) is 0 Å². The first-order chi connectivity index (χ1) is 10.6. The highest BCUT2D eigenvalue weighted by molar-refractivity contribution is 14.1. The molecule has 22 heavy (non-hydrogen) atoms. The molecule has 2 nitrogen and oxygen atoms in total. The zero-order chi connectivity index (χ0) is 15.5. The molecule has 0 aromatic heterocycles. The lowest BCUT2D eigenvalue weighted by molar-refractivity contribution is 0.140. The van der Waals surface area contributed by atoms with Crippen LogP contribution in [0.15, 0.2) is 36.4 Å². The van der Waals surface area contributed by atoms with Crippen LogP contribution in [0.2, 0.25) is 5.02 Å². The van der Waals surface area contributed by atoms with Gasteiger partial charge in [-0.3, -0.25) is 0 Å². The summed E-state index contributed by atoms with van der Waals surface area (Å²) in [7, 11) is 0. The maximum Gasteiger partial charge on any atom is 0.124 e. The zero-order valence-electron chi connectivity index (χ0n) is 12.4. The van der Waals surface area contributed by atoms with Gasteiger partial charge in [0.2, 0.25) is 0 Å². The molecule has 1 heterocycles. The summed E-state index contributed by atoms with van der Waals surface area (Å²) in [5.41, 5.74) is 3.54. The molecule has 1 saturated heterocycles. The third kappa shape index (κ3) is 3.94.